The quantitative estimate of drug-likeness (QED) is 0.344. The second-order valence-corrected chi connectivity index (χ2v) is 5.58. The number of oxime groups is 1. The van der Waals surface area contributed by atoms with Crippen molar-refractivity contribution in [1.29, 1.82) is 0 Å². The number of hydrogen-bond donors (Lipinski definition) is 2. The number of rotatable bonds is 4. The molecule has 0 aromatic rings. The maximum absolute atomic E-state index is 12.5. The van der Waals surface area contributed by atoms with Gasteiger partial charge < -0.3 is 20.6 Å². The van der Waals surface area contributed by atoms with Crippen LogP contribution in [-0.2, 0) is 9.53 Å². The molecule has 6 nitrogen and oxygen atoms in total. The number of ether oxygens (including phenoxy) is 1. The van der Waals surface area contributed by atoms with Crippen molar-refractivity contribution in [3.05, 3.63) is 0 Å². The van der Waals surface area contributed by atoms with Crippen molar-refractivity contribution < 1.29 is 14.7 Å². The van der Waals surface area contributed by atoms with E-state index in [4.69, 9.17) is 15.7 Å². The van der Waals surface area contributed by atoms with Crippen LogP contribution in [0.25, 0.3) is 0 Å². The normalized spacial score (nSPS) is 33.2. The highest BCUT2D eigenvalue weighted by molar-refractivity contribution is 5.84. The monoisotopic (exact) mass is 271 g/mol. The Kier molecular flexibility index (Phi) is 5.17. The van der Waals surface area contributed by atoms with Crippen LogP contribution in [0.5, 0.6) is 0 Å². The van der Waals surface area contributed by atoms with E-state index in [2.05, 4.69) is 5.16 Å². The van der Waals surface area contributed by atoms with Crippen molar-refractivity contribution in [2.24, 2.45) is 28.6 Å². The van der Waals surface area contributed by atoms with Gasteiger partial charge in [0.2, 0.25) is 5.91 Å². The van der Waals surface area contributed by atoms with Gasteiger partial charge in [-0.1, -0.05) is 19.0 Å². The van der Waals surface area contributed by atoms with Gasteiger partial charge in [-0.25, -0.2) is 0 Å². The van der Waals surface area contributed by atoms with E-state index in [1.54, 1.807) is 11.9 Å². The zero-order valence-electron chi connectivity index (χ0n) is 12.3. The topological polar surface area (TPSA) is 88.2 Å². The van der Waals surface area contributed by atoms with Crippen LogP contribution in [0.4, 0.5) is 0 Å². The first-order chi connectivity index (χ1) is 8.79. The van der Waals surface area contributed by atoms with Crippen LogP contribution in [-0.4, -0.2) is 47.7 Å². The lowest BCUT2D eigenvalue weighted by atomic mass is 9.88. The van der Waals surface area contributed by atoms with Gasteiger partial charge in [-0.3, -0.25) is 4.79 Å². The lowest BCUT2D eigenvalue weighted by Gasteiger charge is -2.27. The molecule has 0 bridgehead atoms. The largest absolute Gasteiger partial charge is 0.409 e. The molecule has 0 aromatic carbocycles. The Hall–Kier alpha value is -1.30. The van der Waals surface area contributed by atoms with E-state index in [0.29, 0.717) is 6.54 Å². The second-order valence-electron chi connectivity index (χ2n) is 5.58. The van der Waals surface area contributed by atoms with Gasteiger partial charge in [0, 0.05) is 19.5 Å². The minimum absolute atomic E-state index is 0.0574. The molecule has 0 aliphatic carbocycles. The molecule has 5 atom stereocenters. The third-order valence-corrected chi connectivity index (χ3v) is 4.07. The van der Waals surface area contributed by atoms with E-state index in [9.17, 15) is 4.79 Å². The molecule has 1 rings (SSSR count). The lowest BCUT2D eigenvalue weighted by Crippen LogP contribution is -2.42. The summed E-state index contributed by atoms with van der Waals surface area (Å²) < 4.78 is 5.70. The maximum Gasteiger partial charge on any atom is 0.228 e. The van der Waals surface area contributed by atoms with Crippen LogP contribution in [0, 0.1) is 17.8 Å². The molecule has 110 valence electrons. The summed E-state index contributed by atoms with van der Waals surface area (Å²) in [6.07, 6.45) is 0.0259. The molecule has 3 N–H and O–H groups in total. The van der Waals surface area contributed by atoms with E-state index >= 15 is 0 Å². The summed E-state index contributed by atoms with van der Waals surface area (Å²) in [5.74, 6) is 0.0895. The van der Waals surface area contributed by atoms with E-state index < -0.39 is 0 Å². The first-order valence-corrected chi connectivity index (χ1v) is 6.67. The van der Waals surface area contributed by atoms with Crippen molar-refractivity contribution in [2.45, 2.75) is 39.9 Å². The molecule has 1 aliphatic rings. The fourth-order valence-electron chi connectivity index (χ4n) is 2.64. The van der Waals surface area contributed by atoms with Gasteiger partial charge in [0.25, 0.3) is 0 Å². The number of amides is 1. The molecule has 0 saturated carbocycles. The summed E-state index contributed by atoms with van der Waals surface area (Å²) in [5.41, 5.74) is 5.53. The van der Waals surface area contributed by atoms with Crippen molar-refractivity contribution >= 4 is 11.7 Å². The minimum Gasteiger partial charge on any atom is -0.409 e. The summed E-state index contributed by atoms with van der Waals surface area (Å²) in [5, 5.41) is 11.6. The Bertz CT molecular complexity index is 359. The molecule has 19 heavy (non-hydrogen) atoms. The first-order valence-electron chi connectivity index (χ1n) is 6.67. The van der Waals surface area contributed by atoms with Crippen LogP contribution >= 0.6 is 0 Å². The van der Waals surface area contributed by atoms with Gasteiger partial charge in [-0.2, -0.15) is 0 Å². The Morgan fingerprint density at radius 1 is 1.42 bits per heavy atom. The van der Waals surface area contributed by atoms with E-state index in [1.165, 1.54) is 0 Å². The van der Waals surface area contributed by atoms with Gasteiger partial charge in [0.1, 0.15) is 5.84 Å². The third-order valence-electron chi connectivity index (χ3n) is 4.07. The third kappa shape index (κ3) is 3.37. The SMILES string of the molecule is CC(CN(C)C(=O)C1C(C)OC(C)C1C)C(N)=NO. The zero-order valence-corrected chi connectivity index (χ0v) is 12.3. The molecule has 1 saturated heterocycles. The molecule has 1 heterocycles. The van der Waals surface area contributed by atoms with E-state index in [-0.39, 0.29) is 41.7 Å². The molecular weight excluding hydrogens is 246 g/mol. The van der Waals surface area contributed by atoms with Crippen LogP contribution in [0.2, 0.25) is 0 Å². The van der Waals surface area contributed by atoms with Gasteiger partial charge in [0.15, 0.2) is 0 Å². The molecule has 5 unspecified atom stereocenters. The Balaban J connectivity index is 2.67. The Labute approximate surface area is 114 Å². The highest BCUT2D eigenvalue weighted by Crippen LogP contribution is 2.33. The summed E-state index contributed by atoms with van der Waals surface area (Å²) in [6.45, 7) is 8.22. The van der Waals surface area contributed by atoms with Gasteiger partial charge >= 0.3 is 0 Å². The first kappa shape index (κ1) is 15.8. The average molecular weight is 271 g/mol. The number of hydrogen-bond acceptors (Lipinski definition) is 4. The fraction of sp³-hybridized carbons (Fsp3) is 0.846. The highest BCUT2D eigenvalue weighted by atomic mass is 16.5. The summed E-state index contributed by atoms with van der Waals surface area (Å²) in [7, 11) is 1.74. The predicted octanol–water partition coefficient (Wildman–Crippen LogP) is 0.887. The summed E-state index contributed by atoms with van der Waals surface area (Å²) in [6, 6.07) is 0. The van der Waals surface area contributed by atoms with Gasteiger partial charge in [0.05, 0.1) is 18.1 Å². The molecule has 0 aromatic heterocycles. The fourth-order valence-corrected chi connectivity index (χ4v) is 2.64. The van der Waals surface area contributed by atoms with E-state index in [1.807, 2.05) is 27.7 Å². The van der Waals surface area contributed by atoms with Crippen LogP contribution < -0.4 is 5.73 Å². The minimum atomic E-state index is -0.177. The summed E-state index contributed by atoms with van der Waals surface area (Å²) >= 11 is 0. The number of carbonyl (C=O) groups excluding carboxylic acids is 1. The highest BCUT2D eigenvalue weighted by Gasteiger charge is 2.42. The molecular formula is C13H25N3O3. The zero-order chi connectivity index (χ0) is 14.7. The lowest BCUT2D eigenvalue weighted by molar-refractivity contribution is -0.136. The summed E-state index contributed by atoms with van der Waals surface area (Å²) in [4.78, 5) is 14.1. The van der Waals surface area contributed by atoms with Gasteiger partial charge in [-0.15, -0.1) is 0 Å². The van der Waals surface area contributed by atoms with Crippen molar-refractivity contribution in [1.82, 2.24) is 4.90 Å². The number of nitrogens with two attached hydrogens (primary N) is 1. The standard InChI is InChI=1S/C13H25N3O3/c1-7(12(14)15-18)6-16(5)13(17)11-8(2)9(3)19-10(11)4/h7-11,18H,6H2,1-5H3,(H2,14,15). The molecule has 1 amide bonds. The van der Waals surface area contributed by atoms with Crippen molar-refractivity contribution in [3.8, 4) is 0 Å². The average Bonchev–Trinajstić information content (AvgIpc) is 2.61. The van der Waals surface area contributed by atoms with Gasteiger partial charge in [-0.05, 0) is 19.8 Å². The number of amidine groups is 1. The Morgan fingerprint density at radius 2 is 2.00 bits per heavy atom. The molecule has 1 aliphatic heterocycles. The van der Waals surface area contributed by atoms with Crippen molar-refractivity contribution in [3.63, 3.8) is 0 Å². The number of nitrogens with zero attached hydrogens (tertiary/aromatic N) is 2. The molecule has 6 heteroatoms. The second kappa shape index (κ2) is 6.23. The smallest absolute Gasteiger partial charge is 0.228 e. The van der Waals surface area contributed by atoms with Crippen molar-refractivity contribution in [2.75, 3.05) is 13.6 Å². The van der Waals surface area contributed by atoms with Crippen LogP contribution in [0.15, 0.2) is 5.16 Å². The molecule has 0 radical (unpaired) electrons. The van der Waals surface area contributed by atoms with E-state index in [0.717, 1.165) is 0 Å². The molecule has 0 spiro atoms. The maximum atomic E-state index is 12.5. The Morgan fingerprint density at radius 3 is 2.42 bits per heavy atom. The number of carbonyl (C=O) groups is 1. The van der Waals surface area contributed by atoms with Crippen LogP contribution in [0.1, 0.15) is 27.7 Å². The molecule has 1 fully saturated rings. The van der Waals surface area contributed by atoms with Crippen LogP contribution in [0.3, 0.4) is 0 Å². The predicted molar refractivity (Wildman–Crippen MR) is 72.9 cm³/mol.